The maximum Gasteiger partial charge on any atom is 0.407 e. The number of hydrogen-bond acceptors (Lipinski definition) is 13. The van der Waals surface area contributed by atoms with Gasteiger partial charge in [0.25, 0.3) is 0 Å². The topological polar surface area (TPSA) is 334 Å². The third kappa shape index (κ3) is 18.3. The number of amides is 9. The number of unbranched alkanes of at least 4 members (excludes halogenated alkanes) is 2. The Kier molecular flexibility index (Phi) is 24.9. The van der Waals surface area contributed by atoms with Gasteiger partial charge in [0.2, 0.25) is 35.4 Å². The molecule has 21 heteroatoms. The summed E-state index contributed by atoms with van der Waals surface area (Å²) in [5.74, 6) is 3.11. The van der Waals surface area contributed by atoms with Gasteiger partial charge < -0.3 is 58.6 Å². The van der Waals surface area contributed by atoms with Crippen LogP contribution in [0.15, 0.2) is 72.8 Å². The molecule has 3 aromatic rings. The Morgan fingerprint density at radius 2 is 1.32 bits per heavy atom. The summed E-state index contributed by atoms with van der Waals surface area (Å²) < 4.78 is 11.2. The molecule has 21 nitrogen and oxygen atoms in total. The Labute approximate surface area is 560 Å². The number of carbonyl (C=O) groups is 9. The molecular weight excluding hydrogens is 1200 g/mol. The molecule has 9 amide bonds. The summed E-state index contributed by atoms with van der Waals surface area (Å²) in [6, 6.07) is 14.7. The fraction of sp³-hybridized carbons (Fsp3) is 0.581. The van der Waals surface area contributed by atoms with Crippen molar-refractivity contribution in [2.75, 3.05) is 36.1 Å². The molecule has 514 valence electrons. The van der Waals surface area contributed by atoms with E-state index < -0.39 is 76.0 Å². The highest BCUT2D eigenvalue weighted by atomic mass is 16.5. The van der Waals surface area contributed by atoms with Crippen molar-refractivity contribution in [1.29, 1.82) is 0 Å². The molecule has 2 fully saturated rings. The van der Waals surface area contributed by atoms with Gasteiger partial charge in [-0.3, -0.25) is 38.9 Å². The lowest BCUT2D eigenvalue weighted by Gasteiger charge is -2.56. The van der Waals surface area contributed by atoms with Crippen LogP contribution in [0.2, 0.25) is 0 Å². The van der Waals surface area contributed by atoms with E-state index in [0.717, 1.165) is 100 Å². The van der Waals surface area contributed by atoms with Gasteiger partial charge in [-0.05, 0) is 201 Å². The molecule has 0 saturated heterocycles. The Hall–Kier alpha value is -8.09. The lowest BCUT2D eigenvalue weighted by atomic mass is 9.49. The number of hydrogen-bond donors (Lipinski definition) is 10. The van der Waals surface area contributed by atoms with Gasteiger partial charge in [-0.2, -0.15) is 0 Å². The van der Waals surface area contributed by atoms with Crippen molar-refractivity contribution in [2.45, 2.75) is 224 Å². The molecule has 0 spiro atoms. The van der Waals surface area contributed by atoms with Crippen LogP contribution in [0.3, 0.4) is 0 Å². The summed E-state index contributed by atoms with van der Waals surface area (Å²) >= 11 is 0. The third-order valence-electron chi connectivity index (χ3n) is 21.3. The van der Waals surface area contributed by atoms with Gasteiger partial charge in [-0.15, -0.1) is 5.92 Å². The molecule has 0 aliphatic heterocycles. The van der Waals surface area contributed by atoms with E-state index in [1.807, 2.05) is 31.2 Å². The lowest BCUT2D eigenvalue weighted by molar-refractivity contribution is -0.150. The van der Waals surface area contributed by atoms with E-state index in [0.29, 0.717) is 67.5 Å². The van der Waals surface area contributed by atoms with Crippen LogP contribution in [-0.4, -0.2) is 97.3 Å². The number of ether oxygens (including phenoxy) is 2. The maximum absolute atomic E-state index is 14.8. The second kappa shape index (κ2) is 32.6. The zero-order valence-electron chi connectivity index (χ0n) is 56.6. The number of ketones is 1. The monoisotopic (exact) mass is 1310 g/mol. The Balaban J connectivity index is 0.775. The number of nitrogens with one attached hydrogen (secondary N) is 7. The first kappa shape index (κ1) is 72.7. The molecule has 0 bridgehead atoms. The molecule has 3 aromatic carbocycles. The number of primary amides is 1. The van der Waals surface area contributed by atoms with Gasteiger partial charge in [0.1, 0.15) is 37.9 Å². The van der Waals surface area contributed by atoms with Crippen molar-refractivity contribution in [1.82, 2.24) is 26.6 Å². The van der Waals surface area contributed by atoms with Gasteiger partial charge in [0.15, 0.2) is 5.78 Å². The van der Waals surface area contributed by atoms with Crippen LogP contribution in [0.4, 0.5) is 26.7 Å². The number of aryl methyl sites for hydroxylation is 2. The largest absolute Gasteiger partial charge is 0.445 e. The van der Waals surface area contributed by atoms with Gasteiger partial charge in [-0.1, -0.05) is 110 Å². The highest BCUT2D eigenvalue weighted by Gasteiger charge is 2.58. The maximum atomic E-state index is 14.8. The van der Waals surface area contributed by atoms with E-state index in [-0.39, 0.29) is 80.1 Å². The minimum absolute atomic E-state index is 0.0514. The summed E-state index contributed by atoms with van der Waals surface area (Å²) in [5, 5.41) is 19.3. The molecule has 5 aliphatic carbocycles. The van der Waals surface area contributed by atoms with E-state index in [1.54, 1.807) is 38.1 Å². The first-order chi connectivity index (χ1) is 45.2. The van der Waals surface area contributed by atoms with Crippen LogP contribution in [0.5, 0.6) is 0 Å². The summed E-state index contributed by atoms with van der Waals surface area (Å²) in [6.45, 7) is 15.6. The second-order valence-corrected chi connectivity index (χ2v) is 28.5. The average molecular weight is 1310 g/mol. The lowest BCUT2D eigenvalue weighted by Crippen LogP contribution is -2.60. The van der Waals surface area contributed by atoms with E-state index in [4.69, 9.17) is 26.7 Å². The Bertz CT molecular complexity index is 3400. The first-order valence-corrected chi connectivity index (χ1v) is 34.4. The van der Waals surface area contributed by atoms with E-state index in [1.165, 1.54) is 11.1 Å². The second-order valence-electron chi connectivity index (χ2n) is 28.5. The number of rotatable bonds is 28. The van der Waals surface area contributed by atoms with Crippen molar-refractivity contribution in [3.8, 4) is 11.8 Å². The predicted octanol–water partition coefficient (Wildman–Crippen LogP) is 9.27. The van der Waals surface area contributed by atoms with Crippen molar-refractivity contribution in [2.24, 2.45) is 40.1 Å². The first-order valence-electron chi connectivity index (χ1n) is 34.4. The van der Waals surface area contributed by atoms with Crippen molar-refractivity contribution >= 4 is 70.4 Å². The number of alkyl carbamates (subject to hydrolysis) is 1. The zero-order chi connectivity index (χ0) is 68.7. The van der Waals surface area contributed by atoms with E-state index >= 15 is 0 Å². The summed E-state index contributed by atoms with van der Waals surface area (Å²) in [7, 11) is 0. The van der Waals surface area contributed by atoms with E-state index in [9.17, 15) is 43.2 Å². The molecule has 0 heterocycles. The molecule has 5 aliphatic rings. The Morgan fingerprint density at radius 3 is 1.97 bits per heavy atom. The third-order valence-corrected chi connectivity index (χ3v) is 21.3. The molecule has 95 heavy (non-hydrogen) atoms. The highest BCUT2D eigenvalue weighted by Crippen LogP contribution is 2.60. The fourth-order valence-corrected chi connectivity index (χ4v) is 15.8. The molecule has 10 atom stereocenters. The SMILES string of the molecule is C=C(CCCCC[C@@H](N)C(=O)N[C@H](C(=O)N[C@@H](CCCNC(N)=O)C(=O)Nc1ccc(COC(=O)NCC(=O)Nc2ccc3c(c2)[C@@]2(C)CCC[C@](C)(C(=O)NC(=O)[C@@]4(C)CCC[C@]5(C)c6cc(N)ccc6CC[C@@H]45)[C@@H]2CC3)cc1)C(C)C)C(=O)COC1C#CCCCCC1. The number of anilines is 3. The van der Waals surface area contributed by atoms with Crippen LogP contribution in [-0.2, 0) is 73.3 Å². The number of nitrogen functional groups attached to an aromatic ring is 1. The van der Waals surface area contributed by atoms with Crippen LogP contribution in [0, 0.1) is 40.4 Å². The zero-order valence-corrected chi connectivity index (χ0v) is 56.6. The van der Waals surface area contributed by atoms with E-state index in [2.05, 4.69) is 88.5 Å². The summed E-state index contributed by atoms with van der Waals surface area (Å²) in [5.41, 5.74) is 23.1. The number of imide groups is 1. The minimum atomic E-state index is -1.10. The number of carbonyl (C=O) groups excluding carboxylic acids is 9. The number of nitrogens with two attached hydrogens (primary N) is 3. The van der Waals surface area contributed by atoms with Crippen molar-refractivity contribution in [3.63, 3.8) is 0 Å². The van der Waals surface area contributed by atoms with Gasteiger partial charge in [0, 0.05) is 30.0 Å². The summed E-state index contributed by atoms with van der Waals surface area (Å²) in [4.78, 5) is 121. The van der Waals surface area contributed by atoms with Crippen molar-refractivity contribution in [3.05, 3.63) is 101 Å². The fourth-order valence-electron chi connectivity index (χ4n) is 15.8. The number of urea groups is 1. The van der Waals surface area contributed by atoms with Crippen LogP contribution in [0.1, 0.15) is 198 Å². The smallest absolute Gasteiger partial charge is 0.407 e. The number of Topliss-reactive ketones (excluding diaryl/α,β-unsaturated/α-hetero) is 1. The van der Waals surface area contributed by atoms with Crippen LogP contribution in [0.25, 0.3) is 0 Å². The molecular formula is C74H102N10O11. The predicted molar refractivity (Wildman–Crippen MR) is 366 cm³/mol. The minimum Gasteiger partial charge on any atom is -0.445 e. The number of fused-ring (bicyclic) bond motifs is 6. The standard InChI is InChI=1S/C74H102N10O11/c1-46(2)63(83-64(87)57(76)22-15-11-12-19-47(3)59(85)45-94-54-20-13-9-8-10-14-21-54)66(89)82-58(23-16-40-78-69(77)92)65(88)81-52-31-24-48(25-32-52)44-95-70(93)79-43-62(86)80-53-33-27-50-29-35-61-72(5,56(50)42-53)37-18-39-74(61,7)68(91)84-67(90)73(6)38-17-36-71(4)55-41-51(75)30-26-49(55)28-34-60(71)73/h24-27,30-33,41-42,46,54,57-58,60-61,63H,3,8-13,15-20,22-23,28-29,34-40,43-45,75-76H2,1-2,4-7H3,(H,79,93)(H,80,86)(H,81,88)(H,82,89)(H,83,87)(H3,77,78,92)(H,84,90,91)/t54?,57-,58+,60-,61-,63+,71-,72-,73+,74+/m1/s1. The number of benzene rings is 3. The highest BCUT2D eigenvalue weighted by molar-refractivity contribution is 6.01. The van der Waals surface area contributed by atoms with Crippen molar-refractivity contribution < 1.29 is 52.6 Å². The van der Waals surface area contributed by atoms with Gasteiger partial charge in [0.05, 0.1) is 16.9 Å². The van der Waals surface area contributed by atoms with Crippen LogP contribution < -0.4 is 54.4 Å². The molecule has 8 rings (SSSR count). The Morgan fingerprint density at radius 1 is 0.674 bits per heavy atom. The molecule has 0 radical (unpaired) electrons. The van der Waals surface area contributed by atoms with Gasteiger partial charge in [-0.25, -0.2) is 9.59 Å². The van der Waals surface area contributed by atoms with Crippen LogP contribution >= 0.6 is 0 Å². The molecule has 13 N–H and O–H groups in total. The molecule has 0 aromatic heterocycles. The normalized spacial score (nSPS) is 24.4. The summed E-state index contributed by atoms with van der Waals surface area (Å²) in [6.07, 6.45) is 15.0. The van der Waals surface area contributed by atoms with Gasteiger partial charge >= 0.3 is 12.1 Å². The molecule has 1 unspecified atom stereocenters. The molecule has 2 saturated carbocycles. The average Bonchev–Trinajstić information content (AvgIpc) is 0.727. The quantitative estimate of drug-likeness (QED) is 0.0107.